The molecular formula is C23H26N2O2S. The number of hydrogen-bond acceptors (Lipinski definition) is 5. The molecule has 0 amide bonds. The Morgan fingerprint density at radius 2 is 1.96 bits per heavy atom. The number of nitrogens with zero attached hydrogens (tertiary/aromatic N) is 2. The first kappa shape index (κ1) is 20.4. The van der Waals surface area contributed by atoms with Crippen LogP contribution < -0.4 is 4.74 Å². The van der Waals surface area contributed by atoms with Crippen LogP contribution in [-0.4, -0.2) is 21.9 Å². The lowest BCUT2D eigenvalue weighted by Gasteiger charge is -2.37. The zero-order chi connectivity index (χ0) is 20.0. The number of aromatic nitrogens is 2. The molecule has 0 saturated carbocycles. The van der Waals surface area contributed by atoms with Crippen LogP contribution in [0.5, 0.6) is 5.88 Å². The molecule has 28 heavy (non-hydrogen) atoms. The van der Waals surface area contributed by atoms with Gasteiger partial charge in [-0.25, -0.2) is 0 Å². The van der Waals surface area contributed by atoms with Gasteiger partial charge in [-0.1, -0.05) is 26.7 Å². The molecule has 0 fully saturated rings. The van der Waals surface area contributed by atoms with Crippen LogP contribution in [0, 0.1) is 11.8 Å². The number of rotatable bonds is 5. The van der Waals surface area contributed by atoms with Crippen molar-refractivity contribution in [1.29, 1.82) is 0 Å². The van der Waals surface area contributed by atoms with E-state index in [-0.39, 0.29) is 17.3 Å². The molecule has 0 N–H and O–H groups in total. The Labute approximate surface area is 171 Å². The summed E-state index contributed by atoms with van der Waals surface area (Å²) in [6.45, 7) is 6.49. The van der Waals surface area contributed by atoms with Crippen LogP contribution in [0.1, 0.15) is 69.7 Å². The molecule has 0 radical (unpaired) electrons. The SMILES string of the molecule is CCCC(=O)Oc1ccc(C#Cc2ccc3c(c2)C(CC)(CC)CCS3)nn1. The Bertz CT molecular complexity index is 893. The van der Waals surface area contributed by atoms with Crippen molar-refractivity contribution in [1.82, 2.24) is 10.2 Å². The smallest absolute Gasteiger partial charge is 0.312 e. The summed E-state index contributed by atoms with van der Waals surface area (Å²) in [4.78, 5) is 12.9. The molecule has 1 aromatic carbocycles. The zero-order valence-corrected chi connectivity index (χ0v) is 17.6. The highest BCUT2D eigenvalue weighted by molar-refractivity contribution is 7.99. The van der Waals surface area contributed by atoms with Gasteiger partial charge in [-0.3, -0.25) is 4.79 Å². The predicted molar refractivity (Wildman–Crippen MR) is 113 cm³/mol. The second-order valence-corrected chi connectivity index (χ2v) is 8.16. The number of ether oxygens (including phenoxy) is 1. The quantitative estimate of drug-likeness (QED) is 0.519. The van der Waals surface area contributed by atoms with E-state index >= 15 is 0 Å². The highest BCUT2D eigenvalue weighted by Crippen LogP contribution is 2.46. The fourth-order valence-corrected chi connectivity index (χ4v) is 4.88. The Morgan fingerprint density at radius 3 is 2.64 bits per heavy atom. The summed E-state index contributed by atoms with van der Waals surface area (Å²) >= 11 is 1.94. The average molecular weight is 395 g/mol. The molecule has 0 unspecified atom stereocenters. The zero-order valence-electron chi connectivity index (χ0n) is 16.7. The maximum Gasteiger partial charge on any atom is 0.312 e. The Morgan fingerprint density at radius 1 is 1.14 bits per heavy atom. The minimum atomic E-state index is -0.294. The van der Waals surface area contributed by atoms with Crippen molar-refractivity contribution in [3.05, 3.63) is 47.2 Å². The lowest BCUT2D eigenvalue weighted by molar-refractivity contribution is -0.134. The fourth-order valence-electron chi connectivity index (χ4n) is 3.57. The van der Waals surface area contributed by atoms with E-state index in [4.69, 9.17) is 4.74 Å². The highest BCUT2D eigenvalue weighted by atomic mass is 32.2. The molecule has 0 aliphatic carbocycles. The minimum absolute atomic E-state index is 0.213. The van der Waals surface area contributed by atoms with E-state index in [0.717, 1.165) is 24.8 Å². The summed E-state index contributed by atoms with van der Waals surface area (Å²) in [5.74, 6) is 7.38. The third kappa shape index (κ3) is 4.56. The van der Waals surface area contributed by atoms with E-state index in [2.05, 4.69) is 54.1 Å². The molecule has 1 aliphatic heterocycles. The van der Waals surface area contributed by atoms with Crippen LogP contribution in [0.2, 0.25) is 0 Å². The number of carbonyl (C=O) groups excluding carboxylic acids is 1. The predicted octanol–water partition coefficient (Wildman–Crippen LogP) is 5.14. The van der Waals surface area contributed by atoms with Crippen LogP contribution in [0.3, 0.4) is 0 Å². The van der Waals surface area contributed by atoms with Gasteiger partial charge in [0, 0.05) is 22.9 Å². The number of carbonyl (C=O) groups is 1. The maximum atomic E-state index is 11.5. The van der Waals surface area contributed by atoms with Gasteiger partial charge in [0.25, 0.3) is 0 Å². The van der Waals surface area contributed by atoms with Gasteiger partial charge in [-0.05, 0) is 72.6 Å². The monoisotopic (exact) mass is 394 g/mol. The number of hydrogen-bond donors (Lipinski definition) is 0. The molecule has 3 rings (SSSR count). The molecule has 0 bridgehead atoms. The van der Waals surface area contributed by atoms with Gasteiger partial charge >= 0.3 is 5.97 Å². The van der Waals surface area contributed by atoms with E-state index in [1.807, 2.05) is 18.7 Å². The first-order valence-electron chi connectivity index (χ1n) is 9.94. The highest BCUT2D eigenvalue weighted by Gasteiger charge is 2.33. The first-order chi connectivity index (χ1) is 13.6. The van der Waals surface area contributed by atoms with Gasteiger partial charge in [0.05, 0.1) is 0 Å². The molecule has 1 aromatic heterocycles. The van der Waals surface area contributed by atoms with Crippen LogP contribution in [-0.2, 0) is 10.2 Å². The van der Waals surface area contributed by atoms with Crippen LogP contribution >= 0.6 is 11.8 Å². The summed E-state index contributed by atoms with van der Waals surface area (Å²) in [6.07, 6.45) is 4.64. The lowest BCUT2D eigenvalue weighted by Crippen LogP contribution is -2.28. The van der Waals surface area contributed by atoms with Crippen molar-refractivity contribution < 1.29 is 9.53 Å². The van der Waals surface area contributed by atoms with Crippen molar-refractivity contribution in [3.63, 3.8) is 0 Å². The van der Waals surface area contributed by atoms with Gasteiger partial charge < -0.3 is 4.74 Å². The standard InChI is InChI=1S/C23H26N2O2S/c1-4-7-22(26)27-21-13-11-18(24-25-21)10-8-17-9-12-20-19(16-17)23(5-2,6-3)14-15-28-20/h9,11-13,16H,4-7,14-15H2,1-3H3. The normalized spacial score (nSPS) is 14.5. The maximum absolute atomic E-state index is 11.5. The largest absolute Gasteiger partial charge is 0.406 e. The molecule has 0 spiro atoms. The summed E-state index contributed by atoms with van der Waals surface area (Å²) < 4.78 is 5.12. The molecule has 0 saturated heterocycles. The number of esters is 1. The first-order valence-corrected chi connectivity index (χ1v) is 10.9. The van der Waals surface area contributed by atoms with Crippen molar-refractivity contribution in [2.75, 3.05) is 5.75 Å². The summed E-state index contributed by atoms with van der Waals surface area (Å²) in [5, 5.41) is 7.98. The van der Waals surface area contributed by atoms with Crippen molar-refractivity contribution in [2.45, 2.75) is 63.2 Å². The van der Waals surface area contributed by atoms with Crippen molar-refractivity contribution in [2.24, 2.45) is 0 Å². The van der Waals surface area contributed by atoms with Gasteiger partial charge in [-0.2, -0.15) is 0 Å². The molecule has 4 nitrogen and oxygen atoms in total. The number of benzene rings is 1. The van der Waals surface area contributed by atoms with Gasteiger partial charge in [-0.15, -0.1) is 22.0 Å². The number of fused-ring (bicyclic) bond motifs is 1. The van der Waals surface area contributed by atoms with Crippen LogP contribution in [0.25, 0.3) is 0 Å². The van der Waals surface area contributed by atoms with E-state index in [1.54, 1.807) is 12.1 Å². The van der Waals surface area contributed by atoms with E-state index in [0.29, 0.717) is 12.1 Å². The van der Waals surface area contributed by atoms with Crippen molar-refractivity contribution in [3.8, 4) is 17.7 Å². The van der Waals surface area contributed by atoms with E-state index < -0.39 is 0 Å². The number of thioether (sulfide) groups is 1. The lowest BCUT2D eigenvalue weighted by atomic mass is 9.73. The third-order valence-corrected chi connectivity index (χ3v) is 6.47. The van der Waals surface area contributed by atoms with E-state index in [1.165, 1.54) is 22.6 Å². The summed E-state index contributed by atoms with van der Waals surface area (Å²) in [5.41, 5.74) is 3.25. The molecule has 0 atom stereocenters. The average Bonchev–Trinajstić information content (AvgIpc) is 2.73. The van der Waals surface area contributed by atoms with Crippen molar-refractivity contribution >= 4 is 17.7 Å². The van der Waals surface area contributed by atoms with Gasteiger partial charge in [0.2, 0.25) is 5.88 Å². The van der Waals surface area contributed by atoms with E-state index in [9.17, 15) is 4.79 Å². The molecule has 1 aliphatic rings. The minimum Gasteiger partial charge on any atom is -0.406 e. The summed E-state index contributed by atoms with van der Waals surface area (Å²) in [6, 6.07) is 9.88. The second kappa shape index (κ2) is 9.25. The Balaban J connectivity index is 1.78. The fraction of sp³-hybridized carbons (Fsp3) is 0.435. The van der Waals surface area contributed by atoms with Gasteiger partial charge in [0.15, 0.2) is 0 Å². The molecule has 5 heteroatoms. The van der Waals surface area contributed by atoms with Gasteiger partial charge in [0.1, 0.15) is 5.69 Å². The molecular weight excluding hydrogens is 368 g/mol. The molecule has 2 aromatic rings. The summed E-state index contributed by atoms with van der Waals surface area (Å²) in [7, 11) is 0. The molecule has 2 heterocycles. The Hall–Kier alpha value is -2.32. The molecule has 146 valence electrons. The topological polar surface area (TPSA) is 52.1 Å². The second-order valence-electron chi connectivity index (χ2n) is 7.03. The Kier molecular flexibility index (Phi) is 6.74. The van der Waals surface area contributed by atoms with Crippen LogP contribution in [0.15, 0.2) is 35.2 Å². The van der Waals surface area contributed by atoms with Crippen LogP contribution in [0.4, 0.5) is 0 Å². The third-order valence-electron chi connectivity index (χ3n) is 5.39.